The van der Waals surface area contributed by atoms with Crippen LogP contribution in [0.5, 0.6) is 0 Å². The lowest BCUT2D eigenvalue weighted by Gasteiger charge is -2.38. The van der Waals surface area contributed by atoms with Crippen molar-refractivity contribution in [2.24, 2.45) is 17.6 Å². The number of primary amides is 1. The molecule has 1 fully saturated rings. The lowest BCUT2D eigenvalue weighted by Crippen LogP contribution is -2.52. The van der Waals surface area contributed by atoms with Gasteiger partial charge in [0.1, 0.15) is 5.82 Å². The Bertz CT molecular complexity index is 1230. The average Bonchev–Trinajstić information content (AvgIpc) is 2.83. The van der Waals surface area contributed by atoms with Crippen molar-refractivity contribution in [1.82, 2.24) is 10.2 Å². The van der Waals surface area contributed by atoms with Crippen LogP contribution in [0.15, 0.2) is 36.4 Å². The fourth-order valence-electron chi connectivity index (χ4n) is 4.73. The molecule has 0 spiro atoms. The third-order valence-corrected chi connectivity index (χ3v) is 6.82. The van der Waals surface area contributed by atoms with Crippen LogP contribution >= 0.6 is 0 Å². The molecule has 0 saturated carbocycles. The second kappa shape index (κ2) is 11.2. The topological polar surface area (TPSA) is 92.5 Å². The van der Waals surface area contributed by atoms with Gasteiger partial charge in [0.15, 0.2) is 0 Å². The number of likely N-dealkylation sites (tertiary alicyclic amines) is 1. The van der Waals surface area contributed by atoms with Gasteiger partial charge in [0.2, 0.25) is 5.91 Å². The Hall–Kier alpha value is -3.64. The number of piperidine rings is 1. The number of nitrogens with one attached hydrogen (secondary N) is 1. The van der Waals surface area contributed by atoms with Gasteiger partial charge in [-0.3, -0.25) is 14.4 Å². The van der Waals surface area contributed by atoms with Crippen LogP contribution < -0.4 is 11.1 Å². The third-order valence-electron chi connectivity index (χ3n) is 6.82. The molecule has 2 aromatic rings. The molecule has 3 rings (SSSR count). The van der Waals surface area contributed by atoms with Crippen LogP contribution in [0.4, 0.5) is 30.7 Å². The molecule has 3 amide bonds. The van der Waals surface area contributed by atoms with Crippen molar-refractivity contribution in [3.05, 3.63) is 70.0 Å². The molecule has 0 aliphatic carbocycles. The van der Waals surface area contributed by atoms with Crippen molar-refractivity contribution >= 4 is 17.7 Å². The van der Waals surface area contributed by atoms with E-state index in [1.54, 1.807) is 6.92 Å². The van der Waals surface area contributed by atoms with Crippen molar-refractivity contribution < 1.29 is 45.1 Å². The second-order valence-corrected chi connectivity index (χ2v) is 9.62. The predicted octanol–water partition coefficient (Wildman–Crippen LogP) is 4.54. The van der Waals surface area contributed by atoms with Crippen molar-refractivity contribution in [3.63, 3.8) is 0 Å². The highest BCUT2D eigenvalue weighted by molar-refractivity contribution is 6.34. The second-order valence-electron chi connectivity index (χ2n) is 9.62. The van der Waals surface area contributed by atoms with Crippen molar-refractivity contribution in [2.45, 2.75) is 45.1 Å². The van der Waals surface area contributed by atoms with E-state index >= 15 is 0 Å². The molecule has 6 nitrogen and oxygen atoms in total. The SMILES string of the molecule is Cc1cc(F)ccc1CC1CN(C(=O)C(N)=O)CCC1C(=O)NC(C)c1cc(C(F)(F)F)cc(C(F)(F)F)c1. The standard InChI is InChI=1S/C26H26F7N3O3/c1-13-7-20(27)4-3-15(13)8-17-12-36(24(39)22(34)37)6-5-21(17)23(38)35-14(2)16-9-18(25(28,29)30)11-19(10-16)26(31,32)33/h3-4,7,9-11,14,17,21H,5-6,8,12H2,1-2H3,(H2,34,37)(H,35,38). The van der Waals surface area contributed by atoms with Gasteiger partial charge in [-0.1, -0.05) is 6.07 Å². The van der Waals surface area contributed by atoms with Crippen LogP contribution in [0.2, 0.25) is 0 Å². The first-order chi connectivity index (χ1) is 18.0. The zero-order valence-corrected chi connectivity index (χ0v) is 20.9. The Morgan fingerprint density at radius 3 is 2.13 bits per heavy atom. The van der Waals surface area contributed by atoms with E-state index in [2.05, 4.69) is 5.32 Å². The van der Waals surface area contributed by atoms with E-state index in [1.165, 1.54) is 30.0 Å². The van der Waals surface area contributed by atoms with Gasteiger partial charge in [0.05, 0.1) is 17.2 Å². The fourth-order valence-corrected chi connectivity index (χ4v) is 4.73. The highest BCUT2D eigenvalue weighted by atomic mass is 19.4. The molecule has 0 aromatic heterocycles. The first-order valence-electron chi connectivity index (χ1n) is 11.9. The number of benzene rings is 2. The molecule has 3 unspecified atom stereocenters. The predicted molar refractivity (Wildman–Crippen MR) is 125 cm³/mol. The number of nitrogens with two attached hydrogens (primary N) is 1. The van der Waals surface area contributed by atoms with Crippen LogP contribution in [0.1, 0.15) is 47.2 Å². The molecule has 1 saturated heterocycles. The molecule has 13 heteroatoms. The van der Waals surface area contributed by atoms with Crippen LogP contribution in [-0.4, -0.2) is 35.7 Å². The van der Waals surface area contributed by atoms with Crippen LogP contribution in [0.3, 0.4) is 0 Å². The Morgan fingerprint density at radius 2 is 1.62 bits per heavy atom. The average molecular weight is 561 g/mol. The lowest BCUT2D eigenvalue weighted by atomic mass is 9.79. The van der Waals surface area contributed by atoms with Gasteiger partial charge in [-0.25, -0.2) is 4.39 Å². The van der Waals surface area contributed by atoms with E-state index in [1.807, 2.05) is 0 Å². The smallest absolute Gasteiger partial charge is 0.361 e. The fraction of sp³-hybridized carbons (Fsp3) is 0.423. The molecule has 1 heterocycles. The maximum atomic E-state index is 13.6. The van der Waals surface area contributed by atoms with Crippen molar-refractivity contribution in [3.8, 4) is 0 Å². The normalized spacial score (nSPS) is 18.9. The van der Waals surface area contributed by atoms with E-state index in [0.717, 1.165) is 0 Å². The lowest BCUT2D eigenvalue weighted by molar-refractivity contribution is -0.147. The first-order valence-corrected chi connectivity index (χ1v) is 11.9. The van der Waals surface area contributed by atoms with Crippen LogP contribution in [-0.2, 0) is 33.2 Å². The molecule has 0 bridgehead atoms. The van der Waals surface area contributed by atoms with Crippen LogP contribution in [0, 0.1) is 24.6 Å². The quantitative estimate of drug-likeness (QED) is 0.415. The summed E-state index contributed by atoms with van der Waals surface area (Å²) in [5, 5.41) is 2.50. The Kier molecular flexibility index (Phi) is 8.61. The Labute approximate surface area is 219 Å². The zero-order chi connectivity index (χ0) is 29.3. The number of rotatable bonds is 5. The number of alkyl halides is 6. The van der Waals surface area contributed by atoms with Crippen molar-refractivity contribution in [2.75, 3.05) is 13.1 Å². The molecule has 1 aliphatic heterocycles. The minimum atomic E-state index is -5.04. The number of carbonyl (C=O) groups is 3. The maximum absolute atomic E-state index is 13.6. The summed E-state index contributed by atoms with van der Waals surface area (Å²) in [6.07, 6.45) is -9.85. The number of hydrogen-bond donors (Lipinski definition) is 2. The number of carbonyl (C=O) groups excluding carboxylic acids is 3. The van der Waals surface area contributed by atoms with E-state index in [0.29, 0.717) is 23.3 Å². The Balaban J connectivity index is 1.88. The number of hydrogen-bond acceptors (Lipinski definition) is 3. The molecule has 39 heavy (non-hydrogen) atoms. The largest absolute Gasteiger partial charge is 0.416 e. The summed E-state index contributed by atoms with van der Waals surface area (Å²) in [5.74, 6) is -4.69. The molecule has 0 radical (unpaired) electrons. The van der Waals surface area contributed by atoms with Gasteiger partial charge < -0.3 is 16.0 Å². The van der Waals surface area contributed by atoms with Gasteiger partial charge in [0.25, 0.3) is 0 Å². The van der Waals surface area contributed by atoms with E-state index in [9.17, 15) is 45.1 Å². The summed E-state index contributed by atoms with van der Waals surface area (Å²) in [5.41, 5.74) is 2.94. The molecule has 1 aliphatic rings. The number of aryl methyl sites for hydroxylation is 1. The zero-order valence-electron chi connectivity index (χ0n) is 20.9. The van der Waals surface area contributed by atoms with E-state index < -0.39 is 70.5 Å². The summed E-state index contributed by atoms with van der Waals surface area (Å²) < 4.78 is 93.3. The molecular formula is C26H26F7N3O3. The molecule has 2 aromatic carbocycles. The highest BCUT2D eigenvalue weighted by Crippen LogP contribution is 2.38. The van der Waals surface area contributed by atoms with Crippen molar-refractivity contribution in [1.29, 1.82) is 0 Å². The van der Waals surface area contributed by atoms with E-state index in [4.69, 9.17) is 5.73 Å². The minimum Gasteiger partial charge on any atom is -0.361 e. The summed E-state index contributed by atoms with van der Waals surface area (Å²) in [6.45, 7) is 2.83. The van der Waals surface area contributed by atoms with Gasteiger partial charge in [0, 0.05) is 19.0 Å². The number of nitrogens with zero attached hydrogens (tertiary/aromatic N) is 1. The number of amides is 3. The molecule has 212 valence electrons. The van der Waals surface area contributed by atoms with E-state index in [-0.39, 0.29) is 32.0 Å². The van der Waals surface area contributed by atoms with Gasteiger partial charge in [-0.15, -0.1) is 0 Å². The van der Waals surface area contributed by atoms with Crippen LogP contribution in [0.25, 0.3) is 0 Å². The first kappa shape index (κ1) is 29.9. The summed E-state index contributed by atoms with van der Waals surface area (Å²) in [6, 6.07) is 3.90. The summed E-state index contributed by atoms with van der Waals surface area (Å²) >= 11 is 0. The third kappa shape index (κ3) is 7.27. The monoisotopic (exact) mass is 561 g/mol. The molecule has 3 N–H and O–H groups in total. The maximum Gasteiger partial charge on any atom is 0.416 e. The van der Waals surface area contributed by atoms with Gasteiger partial charge in [-0.05, 0) is 79.6 Å². The van der Waals surface area contributed by atoms with Gasteiger partial charge in [-0.2, -0.15) is 26.3 Å². The highest BCUT2D eigenvalue weighted by Gasteiger charge is 2.39. The van der Waals surface area contributed by atoms with Gasteiger partial charge >= 0.3 is 24.2 Å². The Morgan fingerprint density at radius 1 is 1.03 bits per heavy atom. The molecular weight excluding hydrogens is 535 g/mol. The summed E-state index contributed by atoms with van der Waals surface area (Å²) in [7, 11) is 0. The minimum absolute atomic E-state index is 0.00453. The molecule has 3 atom stereocenters. The summed E-state index contributed by atoms with van der Waals surface area (Å²) in [4.78, 5) is 38.1. The number of halogens is 7.